The van der Waals surface area contributed by atoms with Crippen molar-refractivity contribution in [2.75, 3.05) is 18.5 Å². The maximum Gasteiger partial charge on any atom is 0.0472 e. The molecule has 1 aromatic carbocycles. The Hall–Kier alpha value is 0.140. The SMILES string of the molecule is CC(C)CCOCCC(CBr)c1ccccc1Br. The van der Waals surface area contributed by atoms with Crippen molar-refractivity contribution in [1.29, 1.82) is 0 Å². The number of halogens is 2. The van der Waals surface area contributed by atoms with Gasteiger partial charge in [0.15, 0.2) is 0 Å². The molecule has 0 saturated carbocycles. The number of rotatable bonds is 8. The number of benzene rings is 1. The highest BCUT2D eigenvalue weighted by molar-refractivity contribution is 9.10. The molecule has 0 fully saturated rings. The Labute approximate surface area is 128 Å². The Kier molecular flexibility index (Phi) is 8.20. The molecule has 0 saturated heterocycles. The molecular formula is C15H22Br2O. The van der Waals surface area contributed by atoms with E-state index in [9.17, 15) is 0 Å². The molecule has 1 aromatic rings. The fourth-order valence-electron chi connectivity index (χ4n) is 1.77. The lowest BCUT2D eigenvalue weighted by molar-refractivity contribution is 0.118. The van der Waals surface area contributed by atoms with Gasteiger partial charge in [-0.25, -0.2) is 0 Å². The van der Waals surface area contributed by atoms with Crippen LogP contribution >= 0.6 is 31.9 Å². The van der Waals surface area contributed by atoms with Crippen molar-refractivity contribution in [2.24, 2.45) is 5.92 Å². The summed E-state index contributed by atoms with van der Waals surface area (Å²) >= 11 is 7.22. The maximum atomic E-state index is 5.70. The minimum Gasteiger partial charge on any atom is -0.381 e. The van der Waals surface area contributed by atoms with Gasteiger partial charge in [-0.3, -0.25) is 0 Å². The van der Waals surface area contributed by atoms with Gasteiger partial charge in [0.05, 0.1) is 0 Å². The molecule has 0 aliphatic rings. The van der Waals surface area contributed by atoms with Crippen molar-refractivity contribution in [2.45, 2.75) is 32.6 Å². The highest BCUT2D eigenvalue weighted by atomic mass is 79.9. The van der Waals surface area contributed by atoms with Gasteiger partial charge in [0.1, 0.15) is 0 Å². The molecule has 0 spiro atoms. The van der Waals surface area contributed by atoms with Crippen molar-refractivity contribution < 1.29 is 4.74 Å². The molecule has 0 bridgehead atoms. The summed E-state index contributed by atoms with van der Waals surface area (Å²) in [4.78, 5) is 0. The summed E-state index contributed by atoms with van der Waals surface area (Å²) in [5.74, 6) is 1.24. The van der Waals surface area contributed by atoms with E-state index in [1.54, 1.807) is 0 Å². The third-order valence-electron chi connectivity index (χ3n) is 2.98. The van der Waals surface area contributed by atoms with Crippen LogP contribution in [-0.2, 0) is 4.74 Å². The predicted molar refractivity (Wildman–Crippen MR) is 85.6 cm³/mol. The van der Waals surface area contributed by atoms with E-state index >= 15 is 0 Å². The molecule has 0 aliphatic heterocycles. The Morgan fingerprint density at radius 2 is 1.78 bits per heavy atom. The van der Waals surface area contributed by atoms with Crippen LogP contribution in [0.5, 0.6) is 0 Å². The lowest BCUT2D eigenvalue weighted by Gasteiger charge is -2.16. The van der Waals surface area contributed by atoms with Crippen LogP contribution in [0.3, 0.4) is 0 Å². The zero-order valence-corrected chi connectivity index (χ0v) is 14.3. The summed E-state index contributed by atoms with van der Waals surface area (Å²) in [6.45, 7) is 6.17. The standard InChI is InChI=1S/C15H22Br2O/c1-12(2)7-9-18-10-8-13(11-16)14-5-3-4-6-15(14)17/h3-6,12-13H,7-11H2,1-2H3. The van der Waals surface area contributed by atoms with Gasteiger partial charge in [-0.2, -0.15) is 0 Å². The Morgan fingerprint density at radius 3 is 2.39 bits per heavy atom. The fourth-order valence-corrected chi connectivity index (χ4v) is 3.05. The number of alkyl halides is 1. The Bertz CT molecular complexity index is 339. The van der Waals surface area contributed by atoms with Crippen molar-refractivity contribution in [3.8, 4) is 0 Å². The van der Waals surface area contributed by atoms with Crippen LogP contribution in [0.4, 0.5) is 0 Å². The Morgan fingerprint density at radius 1 is 1.11 bits per heavy atom. The molecule has 1 atom stereocenters. The second kappa shape index (κ2) is 9.11. The zero-order valence-electron chi connectivity index (χ0n) is 11.2. The van der Waals surface area contributed by atoms with Crippen molar-refractivity contribution in [3.05, 3.63) is 34.3 Å². The number of ether oxygens (including phenoxy) is 1. The van der Waals surface area contributed by atoms with E-state index in [0.29, 0.717) is 5.92 Å². The van der Waals surface area contributed by atoms with E-state index in [0.717, 1.165) is 37.3 Å². The van der Waals surface area contributed by atoms with Crippen molar-refractivity contribution >= 4 is 31.9 Å². The van der Waals surface area contributed by atoms with Crippen molar-refractivity contribution in [3.63, 3.8) is 0 Å². The van der Waals surface area contributed by atoms with Crippen LogP contribution in [0.15, 0.2) is 28.7 Å². The topological polar surface area (TPSA) is 9.23 Å². The Balaban J connectivity index is 2.36. The third-order valence-corrected chi connectivity index (χ3v) is 4.49. The summed E-state index contributed by atoms with van der Waals surface area (Å²) in [6, 6.07) is 8.43. The molecule has 18 heavy (non-hydrogen) atoms. The molecule has 1 rings (SSSR count). The second-order valence-electron chi connectivity index (χ2n) is 4.96. The van der Waals surface area contributed by atoms with Gasteiger partial charge in [0.25, 0.3) is 0 Å². The highest BCUT2D eigenvalue weighted by Crippen LogP contribution is 2.28. The molecule has 0 amide bonds. The van der Waals surface area contributed by atoms with Crippen LogP contribution in [-0.4, -0.2) is 18.5 Å². The quantitative estimate of drug-likeness (QED) is 0.436. The van der Waals surface area contributed by atoms with E-state index in [2.05, 4.69) is 70.0 Å². The lowest BCUT2D eigenvalue weighted by atomic mass is 9.98. The first-order valence-electron chi connectivity index (χ1n) is 6.53. The average molecular weight is 378 g/mol. The average Bonchev–Trinajstić information content (AvgIpc) is 2.35. The van der Waals surface area contributed by atoms with E-state index < -0.39 is 0 Å². The normalized spacial score (nSPS) is 12.9. The number of hydrogen-bond acceptors (Lipinski definition) is 1. The summed E-state index contributed by atoms with van der Waals surface area (Å²) in [7, 11) is 0. The van der Waals surface area contributed by atoms with E-state index in [4.69, 9.17) is 4.74 Å². The minimum atomic E-state index is 0.514. The second-order valence-corrected chi connectivity index (χ2v) is 6.46. The van der Waals surface area contributed by atoms with Crippen LogP contribution in [0.25, 0.3) is 0 Å². The van der Waals surface area contributed by atoms with Crippen LogP contribution in [0.1, 0.15) is 38.2 Å². The monoisotopic (exact) mass is 376 g/mol. The predicted octanol–water partition coefficient (Wildman–Crippen LogP) is 5.38. The van der Waals surface area contributed by atoms with E-state index in [1.807, 2.05) is 0 Å². The van der Waals surface area contributed by atoms with Gasteiger partial charge in [-0.15, -0.1) is 0 Å². The third kappa shape index (κ3) is 5.85. The molecule has 0 aliphatic carbocycles. The summed E-state index contributed by atoms with van der Waals surface area (Å²) in [6.07, 6.45) is 2.21. The molecule has 1 nitrogen and oxygen atoms in total. The summed E-state index contributed by atoms with van der Waals surface area (Å²) in [5.41, 5.74) is 1.36. The van der Waals surface area contributed by atoms with Gasteiger partial charge in [-0.05, 0) is 36.3 Å². The smallest absolute Gasteiger partial charge is 0.0472 e. The molecule has 0 heterocycles. The highest BCUT2D eigenvalue weighted by Gasteiger charge is 2.12. The van der Waals surface area contributed by atoms with Crippen LogP contribution < -0.4 is 0 Å². The minimum absolute atomic E-state index is 0.514. The molecule has 1 unspecified atom stereocenters. The number of hydrogen-bond donors (Lipinski definition) is 0. The first kappa shape index (κ1) is 16.2. The van der Waals surface area contributed by atoms with Gasteiger partial charge >= 0.3 is 0 Å². The first-order chi connectivity index (χ1) is 8.65. The van der Waals surface area contributed by atoms with Crippen LogP contribution in [0.2, 0.25) is 0 Å². The summed E-state index contributed by atoms with van der Waals surface area (Å²) in [5, 5.41) is 0.975. The van der Waals surface area contributed by atoms with Gasteiger partial charge in [-0.1, -0.05) is 63.9 Å². The van der Waals surface area contributed by atoms with Crippen molar-refractivity contribution in [1.82, 2.24) is 0 Å². The maximum absolute atomic E-state index is 5.70. The largest absolute Gasteiger partial charge is 0.381 e. The molecule has 0 radical (unpaired) electrons. The zero-order chi connectivity index (χ0) is 13.4. The molecule has 3 heteroatoms. The van der Waals surface area contributed by atoms with Gasteiger partial charge < -0.3 is 4.74 Å². The van der Waals surface area contributed by atoms with Crippen LogP contribution in [0, 0.1) is 5.92 Å². The molecule has 0 N–H and O–H groups in total. The first-order valence-corrected chi connectivity index (χ1v) is 8.44. The molecule has 0 aromatic heterocycles. The van der Waals surface area contributed by atoms with E-state index in [-0.39, 0.29) is 0 Å². The fraction of sp³-hybridized carbons (Fsp3) is 0.600. The molecule has 102 valence electrons. The summed E-state index contributed by atoms with van der Waals surface area (Å²) < 4.78 is 6.89. The van der Waals surface area contributed by atoms with Gasteiger partial charge in [0, 0.05) is 23.0 Å². The van der Waals surface area contributed by atoms with Gasteiger partial charge in [0.2, 0.25) is 0 Å². The van der Waals surface area contributed by atoms with E-state index in [1.165, 1.54) is 10.0 Å². The lowest BCUT2D eigenvalue weighted by Crippen LogP contribution is -2.07. The molecular weight excluding hydrogens is 356 g/mol.